The van der Waals surface area contributed by atoms with Crippen molar-refractivity contribution in [2.24, 2.45) is 0 Å². The molecule has 0 fully saturated rings. The lowest BCUT2D eigenvalue weighted by atomic mass is 10.1. The van der Waals surface area contributed by atoms with Gasteiger partial charge in [-0.15, -0.1) is 0 Å². The van der Waals surface area contributed by atoms with Crippen LogP contribution in [-0.2, 0) is 22.9 Å². The quantitative estimate of drug-likeness (QED) is 0.526. The second-order valence-electron chi connectivity index (χ2n) is 7.39. The normalized spacial score (nSPS) is 13.0. The minimum absolute atomic E-state index is 0.0369. The highest BCUT2D eigenvalue weighted by molar-refractivity contribution is 7.93. The molecule has 0 heterocycles. The molecule has 31 heavy (non-hydrogen) atoms. The number of halogens is 2. The first kappa shape index (κ1) is 21.7. The van der Waals surface area contributed by atoms with Crippen molar-refractivity contribution in [3.05, 3.63) is 87.4 Å². The van der Waals surface area contributed by atoms with Crippen molar-refractivity contribution in [2.45, 2.75) is 24.2 Å². The molecule has 160 valence electrons. The standard InChI is InChI=1S/C23H20Cl2N2O3S/c1-27(20-10-7-18(24)8-11-20)31(29,30)22-14-17(6-12-21(22)25)23(28)26-19-9-5-15-3-2-4-16(15)13-19/h5-14H,2-4H2,1H3,(H,26,28). The number of rotatable bonds is 5. The Morgan fingerprint density at radius 2 is 1.65 bits per heavy atom. The van der Waals surface area contributed by atoms with Gasteiger partial charge in [-0.2, -0.15) is 0 Å². The van der Waals surface area contributed by atoms with Gasteiger partial charge in [0.05, 0.1) is 10.7 Å². The zero-order chi connectivity index (χ0) is 22.2. The lowest BCUT2D eigenvalue weighted by molar-refractivity contribution is 0.102. The van der Waals surface area contributed by atoms with Crippen LogP contribution in [0.3, 0.4) is 0 Å². The van der Waals surface area contributed by atoms with E-state index in [0.29, 0.717) is 16.4 Å². The highest BCUT2D eigenvalue weighted by atomic mass is 35.5. The summed E-state index contributed by atoms with van der Waals surface area (Å²) in [4.78, 5) is 12.7. The Bertz CT molecular complexity index is 1260. The van der Waals surface area contributed by atoms with Crippen LogP contribution in [0.2, 0.25) is 10.0 Å². The van der Waals surface area contributed by atoms with Gasteiger partial charge in [-0.25, -0.2) is 8.42 Å². The Morgan fingerprint density at radius 1 is 0.935 bits per heavy atom. The van der Waals surface area contributed by atoms with Gasteiger partial charge in [0.1, 0.15) is 4.90 Å². The number of sulfonamides is 1. The molecule has 3 aromatic carbocycles. The maximum atomic E-state index is 13.2. The Morgan fingerprint density at radius 3 is 2.39 bits per heavy atom. The number of carbonyl (C=O) groups excluding carboxylic acids is 1. The second-order valence-corrected chi connectivity index (χ2v) is 10.2. The smallest absolute Gasteiger partial charge is 0.265 e. The zero-order valence-electron chi connectivity index (χ0n) is 16.7. The van der Waals surface area contributed by atoms with E-state index in [1.807, 2.05) is 18.2 Å². The molecule has 0 saturated carbocycles. The number of aryl methyl sites for hydroxylation is 2. The molecule has 4 rings (SSSR count). The summed E-state index contributed by atoms with van der Waals surface area (Å²) in [5, 5.41) is 3.38. The number of fused-ring (bicyclic) bond motifs is 1. The minimum Gasteiger partial charge on any atom is -0.322 e. The number of benzene rings is 3. The molecule has 0 atom stereocenters. The first-order valence-corrected chi connectivity index (χ1v) is 11.9. The molecule has 5 nitrogen and oxygen atoms in total. The van der Waals surface area contributed by atoms with Crippen molar-refractivity contribution >= 4 is 50.5 Å². The summed E-state index contributed by atoms with van der Waals surface area (Å²) < 4.78 is 27.5. The largest absolute Gasteiger partial charge is 0.322 e. The third-order valence-corrected chi connectivity index (χ3v) is 7.90. The van der Waals surface area contributed by atoms with E-state index in [0.717, 1.165) is 23.6 Å². The van der Waals surface area contributed by atoms with Gasteiger partial charge in [-0.05, 0) is 85.0 Å². The van der Waals surface area contributed by atoms with Gasteiger partial charge in [0.15, 0.2) is 0 Å². The lowest BCUT2D eigenvalue weighted by Gasteiger charge is -2.20. The number of amides is 1. The Kier molecular flexibility index (Phi) is 5.97. The number of nitrogens with zero attached hydrogens (tertiary/aromatic N) is 1. The Balaban J connectivity index is 1.61. The topological polar surface area (TPSA) is 66.5 Å². The second kappa shape index (κ2) is 8.54. The zero-order valence-corrected chi connectivity index (χ0v) is 19.1. The maximum absolute atomic E-state index is 13.2. The third kappa shape index (κ3) is 4.42. The fourth-order valence-corrected chi connectivity index (χ4v) is 5.45. The van der Waals surface area contributed by atoms with Crippen molar-refractivity contribution in [3.8, 4) is 0 Å². The van der Waals surface area contributed by atoms with Gasteiger partial charge in [0.2, 0.25) is 0 Å². The van der Waals surface area contributed by atoms with Crippen LogP contribution in [0.5, 0.6) is 0 Å². The van der Waals surface area contributed by atoms with Crippen LogP contribution in [0.4, 0.5) is 11.4 Å². The van der Waals surface area contributed by atoms with Crippen molar-refractivity contribution in [1.29, 1.82) is 0 Å². The van der Waals surface area contributed by atoms with Gasteiger partial charge in [-0.1, -0.05) is 29.3 Å². The van der Waals surface area contributed by atoms with Crippen LogP contribution >= 0.6 is 23.2 Å². The Hall–Kier alpha value is -2.54. The van der Waals surface area contributed by atoms with Crippen LogP contribution in [0.25, 0.3) is 0 Å². The monoisotopic (exact) mass is 474 g/mol. The lowest BCUT2D eigenvalue weighted by Crippen LogP contribution is -2.27. The van der Waals surface area contributed by atoms with E-state index in [1.54, 1.807) is 24.3 Å². The van der Waals surface area contributed by atoms with Crippen LogP contribution in [0.15, 0.2) is 65.6 Å². The molecular weight excluding hydrogens is 455 g/mol. The molecular formula is C23H20Cl2N2O3S. The fraction of sp³-hybridized carbons (Fsp3) is 0.174. The molecule has 0 unspecified atom stereocenters. The first-order valence-electron chi connectivity index (χ1n) is 9.73. The number of anilines is 2. The molecule has 0 aromatic heterocycles. The van der Waals surface area contributed by atoms with Crippen molar-refractivity contribution in [3.63, 3.8) is 0 Å². The van der Waals surface area contributed by atoms with E-state index in [-0.39, 0.29) is 15.5 Å². The van der Waals surface area contributed by atoms with Gasteiger partial charge in [0.25, 0.3) is 15.9 Å². The predicted octanol–water partition coefficient (Wildman–Crippen LogP) is 5.56. The fourth-order valence-electron chi connectivity index (χ4n) is 3.63. The van der Waals surface area contributed by atoms with Gasteiger partial charge in [0, 0.05) is 23.3 Å². The molecule has 0 spiro atoms. The van der Waals surface area contributed by atoms with Crippen molar-refractivity contribution in [2.75, 3.05) is 16.7 Å². The molecule has 1 aliphatic carbocycles. The van der Waals surface area contributed by atoms with Crippen LogP contribution in [0.1, 0.15) is 27.9 Å². The molecule has 1 N–H and O–H groups in total. The van der Waals surface area contributed by atoms with Gasteiger partial charge in [-0.3, -0.25) is 9.10 Å². The highest BCUT2D eigenvalue weighted by Gasteiger charge is 2.25. The average molecular weight is 475 g/mol. The number of hydrogen-bond donors (Lipinski definition) is 1. The average Bonchev–Trinajstić information content (AvgIpc) is 3.21. The number of hydrogen-bond acceptors (Lipinski definition) is 3. The van der Waals surface area contributed by atoms with Crippen LogP contribution in [-0.4, -0.2) is 21.4 Å². The van der Waals surface area contributed by atoms with Crippen LogP contribution < -0.4 is 9.62 Å². The van der Waals surface area contributed by atoms with Crippen LogP contribution in [0, 0.1) is 0 Å². The van der Waals surface area contributed by atoms with Crippen molar-refractivity contribution < 1.29 is 13.2 Å². The number of carbonyl (C=O) groups is 1. The molecule has 0 bridgehead atoms. The van der Waals surface area contributed by atoms with E-state index in [9.17, 15) is 13.2 Å². The summed E-state index contributed by atoms with van der Waals surface area (Å²) in [6.45, 7) is 0. The molecule has 8 heteroatoms. The van der Waals surface area contributed by atoms with E-state index >= 15 is 0 Å². The summed E-state index contributed by atoms with van der Waals surface area (Å²) in [6.07, 6.45) is 3.18. The molecule has 1 aliphatic rings. The molecule has 0 aliphatic heterocycles. The first-order chi connectivity index (χ1) is 14.8. The summed E-state index contributed by atoms with van der Waals surface area (Å²) >= 11 is 12.1. The highest BCUT2D eigenvalue weighted by Crippen LogP contribution is 2.30. The summed E-state index contributed by atoms with van der Waals surface area (Å²) in [6, 6.07) is 16.5. The maximum Gasteiger partial charge on any atom is 0.265 e. The van der Waals surface area contributed by atoms with E-state index in [2.05, 4.69) is 5.32 Å². The SMILES string of the molecule is CN(c1ccc(Cl)cc1)S(=O)(=O)c1cc(C(=O)Nc2ccc3c(c2)CCC3)ccc1Cl. The molecule has 1 amide bonds. The van der Waals surface area contributed by atoms with E-state index in [4.69, 9.17) is 23.2 Å². The molecule has 0 saturated heterocycles. The summed E-state index contributed by atoms with van der Waals surface area (Å²) in [7, 11) is -2.57. The van der Waals surface area contributed by atoms with E-state index < -0.39 is 15.9 Å². The van der Waals surface area contributed by atoms with Gasteiger partial charge >= 0.3 is 0 Å². The Labute approximate surface area is 191 Å². The third-order valence-electron chi connectivity index (χ3n) is 5.38. The van der Waals surface area contributed by atoms with Gasteiger partial charge < -0.3 is 5.32 Å². The molecule has 0 radical (unpaired) electrons. The van der Waals surface area contributed by atoms with Crippen molar-refractivity contribution in [1.82, 2.24) is 0 Å². The molecule has 3 aromatic rings. The van der Waals surface area contributed by atoms with E-state index in [1.165, 1.54) is 36.4 Å². The predicted molar refractivity (Wildman–Crippen MR) is 125 cm³/mol. The number of nitrogens with one attached hydrogen (secondary N) is 1. The summed E-state index contributed by atoms with van der Waals surface area (Å²) in [5.74, 6) is -0.403. The summed E-state index contributed by atoms with van der Waals surface area (Å²) in [5.41, 5.74) is 3.86. The minimum atomic E-state index is -3.99.